The Balaban J connectivity index is 2.74. The molecule has 0 aliphatic heterocycles. The number of urea groups is 1. The molecular weight excluding hydrogens is 224 g/mol. The molecule has 0 saturated heterocycles. The second-order valence-electron chi connectivity index (χ2n) is 2.92. The maximum atomic E-state index is 10.7. The zero-order chi connectivity index (χ0) is 12.0. The molecule has 0 aromatic heterocycles. The number of guanidine groups is 1. The Kier molecular flexibility index (Phi) is 4.65. The van der Waals surface area contributed by atoms with E-state index in [1.54, 1.807) is 18.8 Å². The molecule has 0 saturated carbocycles. The number of amides is 2. The lowest BCUT2D eigenvalue weighted by Gasteiger charge is -2.09. The van der Waals surface area contributed by atoms with E-state index in [0.29, 0.717) is 5.96 Å². The maximum absolute atomic E-state index is 10.7. The third-order valence-corrected chi connectivity index (χ3v) is 2.52. The molecule has 6 heteroatoms. The molecule has 0 heterocycles. The number of aliphatic imine (C=N–C) groups is 1. The third-order valence-electron chi connectivity index (χ3n) is 1.80. The van der Waals surface area contributed by atoms with Gasteiger partial charge in [0.2, 0.25) is 5.96 Å². The number of anilines is 1. The Morgan fingerprint density at radius 2 is 2.25 bits per heavy atom. The van der Waals surface area contributed by atoms with Crippen molar-refractivity contribution in [1.82, 2.24) is 5.32 Å². The first-order valence-corrected chi connectivity index (χ1v) is 5.82. The van der Waals surface area contributed by atoms with Crippen molar-refractivity contribution in [3.05, 3.63) is 24.3 Å². The molecule has 0 spiro atoms. The van der Waals surface area contributed by atoms with Gasteiger partial charge < -0.3 is 11.1 Å². The van der Waals surface area contributed by atoms with E-state index in [9.17, 15) is 4.79 Å². The minimum Gasteiger partial charge on any atom is -0.351 e. The molecule has 4 N–H and O–H groups in total. The van der Waals surface area contributed by atoms with Gasteiger partial charge in [-0.15, -0.1) is 11.8 Å². The highest BCUT2D eigenvalue weighted by Gasteiger charge is 2.01. The Hall–Kier alpha value is -1.69. The summed E-state index contributed by atoms with van der Waals surface area (Å²) in [6, 6.07) is 7.12. The lowest BCUT2D eigenvalue weighted by atomic mass is 10.3. The second-order valence-corrected chi connectivity index (χ2v) is 3.80. The van der Waals surface area contributed by atoms with Crippen molar-refractivity contribution in [2.24, 2.45) is 10.7 Å². The van der Waals surface area contributed by atoms with Gasteiger partial charge in [-0.1, -0.05) is 6.07 Å². The Morgan fingerprint density at radius 1 is 1.50 bits per heavy atom. The normalized spacial score (nSPS) is 11.0. The summed E-state index contributed by atoms with van der Waals surface area (Å²) < 4.78 is 0. The van der Waals surface area contributed by atoms with Crippen molar-refractivity contribution in [2.75, 3.05) is 18.6 Å². The minimum atomic E-state index is -0.644. The molecule has 16 heavy (non-hydrogen) atoms. The number of rotatable bonds is 2. The Morgan fingerprint density at radius 3 is 2.81 bits per heavy atom. The number of primary amides is 1. The van der Waals surface area contributed by atoms with Gasteiger partial charge in [-0.2, -0.15) is 0 Å². The number of carbonyl (C=O) groups excluding carboxylic acids is 1. The first-order chi connectivity index (χ1) is 7.65. The molecule has 0 atom stereocenters. The van der Waals surface area contributed by atoms with Gasteiger partial charge in [0.1, 0.15) is 0 Å². The number of nitrogens with two attached hydrogens (primary N) is 1. The predicted molar refractivity (Wildman–Crippen MR) is 67.9 cm³/mol. The van der Waals surface area contributed by atoms with E-state index in [0.717, 1.165) is 10.6 Å². The van der Waals surface area contributed by atoms with Crippen LogP contribution < -0.4 is 16.4 Å². The summed E-state index contributed by atoms with van der Waals surface area (Å²) in [7, 11) is 1.57. The highest BCUT2D eigenvalue weighted by molar-refractivity contribution is 7.98. The van der Waals surface area contributed by atoms with E-state index in [1.165, 1.54) is 0 Å². The molecule has 0 aliphatic rings. The van der Waals surface area contributed by atoms with Gasteiger partial charge in [-0.05, 0) is 24.5 Å². The molecule has 0 unspecified atom stereocenters. The number of hydrogen-bond acceptors (Lipinski definition) is 3. The summed E-state index contributed by atoms with van der Waals surface area (Å²) in [5.74, 6) is 0.325. The number of hydrogen-bond donors (Lipinski definition) is 3. The fourth-order valence-electron chi connectivity index (χ4n) is 1.10. The van der Waals surface area contributed by atoms with E-state index in [1.807, 2.05) is 30.5 Å². The van der Waals surface area contributed by atoms with E-state index in [4.69, 9.17) is 5.73 Å². The highest BCUT2D eigenvalue weighted by atomic mass is 32.2. The molecule has 5 nitrogen and oxygen atoms in total. The van der Waals surface area contributed by atoms with Crippen molar-refractivity contribution < 1.29 is 4.79 Å². The summed E-state index contributed by atoms with van der Waals surface area (Å²) in [5, 5.41) is 5.35. The lowest BCUT2D eigenvalue weighted by molar-refractivity contribution is 0.253. The predicted octanol–water partition coefficient (Wildman–Crippen LogP) is 1.47. The van der Waals surface area contributed by atoms with Crippen molar-refractivity contribution in [3.8, 4) is 0 Å². The molecule has 2 amide bonds. The third kappa shape index (κ3) is 3.82. The van der Waals surface area contributed by atoms with E-state index in [2.05, 4.69) is 15.6 Å². The van der Waals surface area contributed by atoms with Gasteiger partial charge in [0.25, 0.3) is 0 Å². The smallest absolute Gasteiger partial charge is 0.318 e. The molecule has 86 valence electrons. The molecule has 1 rings (SSSR count). The van der Waals surface area contributed by atoms with Crippen molar-refractivity contribution in [2.45, 2.75) is 4.90 Å². The Bertz CT molecular complexity index is 406. The SMILES string of the molecule is CN=C(NC(N)=O)Nc1cccc(SC)c1. The van der Waals surface area contributed by atoms with Crippen LogP contribution in [0.1, 0.15) is 0 Å². The average Bonchev–Trinajstić information content (AvgIpc) is 2.28. The topological polar surface area (TPSA) is 79.5 Å². The number of nitrogens with zero attached hydrogens (tertiary/aromatic N) is 1. The number of carbonyl (C=O) groups is 1. The summed E-state index contributed by atoms with van der Waals surface area (Å²) >= 11 is 1.64. The maximum Gasteiger partial charge on any atom is 0.318 e. The van der Waals surface area contributed by atoms with E-state index < -0.39 is 6.03 Å². The molecule has 0 aliphatic carbocycles. The molecular formula is C10H14N4OS. The fourth-order valence-corrected chi connectivity index (χ4v) is 1.56. The van der Waals surface area contributed by atoms with Crippen LogP contribution in [-0.4, -0.2) is 25.3 Å². The van der Waals surface area contributed by atoms with E-state index in [-0.39, 0.29) is 0 Å². The summed E-state index contributed by atoms with van der Waals surface area (Å²) in [6.07, 6.45) is 2.00. The number of thioether (sulfide) groups is 1. The van der Waals surface area contributed by atoms with Gasteiger partial charge >= 0.3 is 6.03 Å². The zero-order valence-electron chi connectivity index (χ0n) is 9.15. The van der Waals surface area contributed by atoms with Crippen LogP contribution in [-0.2, 0) is 0 Å². The van der Waals surface area contributed by atoms with Gasteiger partial charge in [-0.25, -0.2) is 4.79 Å². The van der Waals surface area contributed by atoms with Crippen molar-refractivity contribution >= 4 is 29.4 Å². The quantitative estimate of drug-likeness (QED) is 0.415. The molecule has 0 bridgehead atoms. The van der Waals surface area contributed by atoms with Crippen molar-refractivity contribution in [1.29, 1.82) is 0 Å². The molecule has 1 aromatic rings. The zero-order valence-corrected chi connectivity index (χ0v) is 9.97. The molecule has 1 aromatic carbocycles. The highest BCUT2D eigenvalue weighted by Crippen LogP contribution is 2.18. The van der Waals surface area contributed by atoms with Crippen LogP contribution in [0.2, 0.25) is 0 Å². The molecule has 0 fully saturated rings. The Labute approximate surface area is 98.5 Å². The largest absolute Gasteiger partial charge is 0.351 e. The van der Waals surface area contributed by atoms with Crippen LogP contribution in [0.15, 0.2) is 34.2 Å². The van der Waals surface area contributed by atoms with Gasteiger partial charge in [-0.3, -0.25) is 10.3 Å². The van der Waals surface area contributed by atoms with Crippen LogP contribution in [0.3, 0.4) is 0 Å². The van der Waals surface area contributed by atoms with Crippen LogP contribution in [0.5, 0.6) is 0 Å². The van der Waals surface area contributed by atoms with Crippen LogP contribution >= 0.6 is 11.8 Å². The monoisotopic (exact) mass is 238 g/mol. The number of nitrogens with one attached hydrogen (secondary N) is 2. The minimum absolute atomic E-state index is 0.325. The lowest BCUT2D eigenvalue weighted by Crippen LogP contribution is -2.39. The summed E-state index contributed by atoms with van der Waals surface area (Å²) in [6.45, 7) is 0. The van der Waals surface area contributed by atoms with Crippen LogP contribution in [0.4, 0.5) is 10.5 Å². The standard InChI is InChI=1S/C10H14N4OS/c1-12-10(14-9(11)15)13-7-4-3-5-8(6-7)16-2/h3-6H,1-2H3,(H4,11,12,13,14,15). The van der Waals surface area contributed by atoms with Crippen LogP contribution in [0.25, 0.3) is 0 Å². The molecule has 0 radical (unpaired) electrons. The average molecular weight is 238 g/mol. The van der Waals surface area contributed by atoms with Crippen LogP contribution in [0, 0.1) is 0 Å². The van der Waals surface area contributed by atoms with Gasteiger partial charge in [0.15, 0.2) is 0 Å². The van der Waals surface area contributed by atoms with Gasteiger partial charge in [0, 0.05) is 17.6 Å². The summed E-state index contributed by atoms with van der Waals surface area (Å²) in [5.41, 5.74) is 5.85. The first-order valence-electron chi connectivity index (χ1n) is 4.60. The second kappa shape index (κ2) is 6.02. The van der Waals surface area contributed by atoms with Gasteiger partial charge in [0.05, 0.1) is 0 Å². The van der Waals surface area contributed by atoms with Crippen molar-refractivity contribution in [3.63, 3.8) is 0 Å². The fraction of sp³-hybridized carbons (Fsp3) is 0.200. The van der Waals surface area contributed by atoms with E-state index >= 15 is 0 Å². The number of benzene rings is 1. The summed E-state index contributed by atoms with van der Waals surface area (Å²) in [4.78, 5) is 15.7. The first kappa shape index (κ1) is 12.4.